The lowest BCUT2D eigenvalue weighted by molar-refractivity contribution is -0.139. The predicted octanol–water partition coefficient (Wildman–Crippen LogP) is 5.00. The Morgan fingerprint density at radius 2 is 1.92 bits per heavy atom. The first-order chi connectivity index (χ1) is 17.2. The first-order valence-corrected chi connectivity index (χ1v) is 11.6. The van der Waals surface area contributed by atoms with Crippen LogP contribution in [0.15, 0.2) is 18.3 Å². The van der Waals surface area contributed by atoms with Gasteiger partial charge in [0.25, 0.3) is 0 Å². The monoisotopic (exact) mass is 545 g/mol. The molecule has 3 rings (SSSR count). The molecule has 0 spiro atoms. The number of hydrogen-bond donors (Lipinski definition) is 4. The van der Waals surface area contributed by atoms with E-state index < -0.39 is 35.4 Å². The van der Waals surface area contributed by atoms with Crippen molar-refractivity contribution in [3.05, 3.63) is 34.5 Å². The van der Waals surface area contributed by atoms with E-state index in [1.165, 1.54) is 19.2 Å². The number of carboxylic acids is 1. The Bertz CT molecular complexity index is 1170. The number of nitrogens with zero attached hydrogens (tertiary/aromatic N) is 2. The fraction of sp³-hybridized carbons (Fsp3) is 0.478. The summed E-state index contributed by atoms with van der Waals surface area (Å²) in [6.07, 6.45) is -3.56. The molecule has 0 aliphatic heterocycles. The third-order valence-electron chi connectivity index (χ3n) is 5.04. The largest absolute Gasteiger partial charge is 0.495 e. The van der Waals surface area contributed by atoms with Crippen LogP contribution in [0.5, 0.6) is 5.75 Å². The maximum Gasteiger partial charge on any atom is 0.421 e. The molecule has 1 aliphatic rings. The molecule has 1 saturated carbocycles. The third-order valence-corrected chi connectivity index (χ3v) is 5.39. The van der Waals surface area contributed by atoms with Gasteiger partial charge >= 0.3 is 18.2 Å². The third kappa shape index (κ3) is 8.00. The number of aliphatic carboxylic acids is 1. The van der Waals surface area contributed by atoms with Gasteiger partial charge in [-0.2, -0.15) is 18.2 Å². The molecule has 202 valence electrons. The van der Waals surface area contributed by atoms with E-state index in [9.17, 15) is 27.9 Å². The minimum atomic E-state index is -4.63. The minimum Gasteiger partial charge on any atom is -0.495 e. The molecule has 14 heteroatoms. The summed E-state index contributed by atoms with van der Waals surface area (Å²) in [7, 11) is 1.35. The molecule has 1 unspecified atom stereocenters. The standard InChI is InChI=1S/C23H27ClF3N5O5/c1-22(2,3)37-21(35)31-16(19(33)34)7-11-8-17(36-4)15(9-14(11)24)30-20-28-10-13(23(25,26)27)18(32-20)29-12-5-6-12/h8-10,12,16H,5-7H2,1-4H3,(H,31,35)(H,33,34)(H2,28,29,30,32). The zero-order valence-corrected chi connectivity index (χ0v) is 21.3. The van der Waals surface area contributed by atoms with E-state index in [1.54, 1.807) is 20.8 Å². The molecular weight excluding hydrogens is 519 g/mol. The Morgan fingerprint density at radius 3 is 2.46 bits per heavy atom. The van der Waals surface area contributed by atoms with Gasteiger partial charge in [-0.1, -0.05) is 11.6 Å². The number of hydrogen-bond acceptors (Lipinski definition) is 8. The molecule has 1 fully saturated rings. The molecule has 1 aromatic carbocycles. The maximum atomic E-state index is 13.4. The Balaban J connectivity index is 1.83. The van der Waals surface area contributed by atoms with Crippen LogP contribution in [0.3, 0.4) is 0 Å². The van der Waals surface area contributed by atoms with Crippen molar-refractivity contribution in [1.82, 2.24) is 15.3 Å². The van der Waals surface area contributed by atoms with Gasteiger partial charge in [-0.25, -0.2) is 14.6 Å². The number of carbonyl (C=O) groups excluding carboxylic acids is 1. The highest BCUT2D eigenvalue weighted by Gasteiger charge is 2.37. The van der Waals surface area contributed by atoms with Crippen molar-refractivity contribution in [1.29, 1.82) is 0 Å². The van der Waals surface area contributed by atoms with Gasteiger partial charge in [0.1, 0.15) is 28.8 Å². The normalized spacial score (nSPS) is 14.5. The van der Waals surface area contributed by atoms with Gasteiger partial charge in [-0.05, 0) is 51.3 Å². The van der Waals surface area contributed by atoms with E-state index >= 15 is 0 Å². The van der Waals surface area contributed by atoms with Gasteiger partial charge in [0.15, 0.2) is 0 Å². The number of alkyl carbamates (subject to hydrolysis) is 1. The average molecular weight is 546 g/mol. The Labute approximate surface area is 215 Å². The van der Waals surface area contributed by atoms with E-state index in [0.29, 0.717) is 11.8 Å². The Hall–Kier alpha value is -3.48. The fourth-order valence-electron chi connectivity index (χ4n) is 3.19. The van der Waals surface area contributed by atoms with Crippen molar-refractivity contribution in [2.45, 2.75) is 63.9 Å². The predicted molar refractivity (Wildman–Crippen MR) is 129 cm³/mol. The Morgan fingerprint density at radius 1 is 1.24 bits per heavy atom. The lowest BCUT2D eigenvalue weighted by atomic mass is 10.0. The highest BCUT2D eigenvalue weighted by Crippen LogP contribution is 2.38. The summed E-state index contributed by atoms with van der Waals surface area (Å²) in [4.78, 5) is 31.5. The van der Waals surface area contributed by atoms with Gasteiger partial charge in [0.2, 0.25) is 5.95 Å². The summed E-state index contributed by atoms with van der Waals surface area (Å²) in [6.45, 7) is 4.92. The molecule has 0 saturated heterocycles. The van der Waals surface area contributed by atoms with Crippen LogP contribution in [0.4, 0.5) is 35.4 Å². The Kier molecular flexibility index (Phi) is 8.25. The van der Waals surface area contributed by atoms with E-state index in [-0.39, 0.29) is 40.7 Å². The van der Waals surface area contributed by atoms with Crippen LogP contribution in [-0.2, 0) is 22.1 Å². The van der Waals surface area contributed by atoms with Crippen LogP contribution >= 0.6 is 11.6 Å². The average Bonchev–Trinajstić information content (AvgIpc) is 3.56. The molecule has 1 amide bonds. The SMILES string of the molecule is COc1cc(CC(NC(=O)OC(C)(C)C)C(=O)O)c(Cl)cc1Nc1ncc(C(F)(F)F)c(NC2CC2)n1. The number of carbonyl (C=O) groups is 2. The first-order valence-electron chi connectivity index (χ1n) is 11.2. The first kappa shape index (κ1) is 28.1. The highest BCUT2D eigenvalue weighted by atomic mass is 35.5. The molecule has 0 radical (unpaired) electrons. The van der Waals surface area contributed by atoms with Gasteiger partial charge in [-0.15, -0.1) is 0 Å². The van der Waals surface area contributed by atoms with Crippen molar-refractivity contribution in [3.8, 4) is 5.75 Å². The summed E-state index contributed by atoms with van der Waals surface area (Å²) < 4.78 is 50.5. The second kappa shape index (κ2) is 10.9. The lowest BCUT2D eigenvalue weighted by Crippen LogP contribution is -2.44. The zero-order chi connectivity index (χ0) is 27.5. The summed E-state index contributed by atoms with van der Waals surface area (Å²) in [5.41, 5.74) is -1.24. The van der Waals surface area contributed by atoms with Gasteiger partial charge in [-0.3, -0.25) is 0 Å². The maximum absolute atomic E-state index is 13.4. The second-order valence-electron chi connectivity index (χ2n) is 9.38. The molecule has 10 nitrogen and oxygen atoms in total. The number of benzene rings is 1. The molecule has 1 aromatic heterocycles. The minimum absolute atomic E-state index is 0.0800. The molecular formula is C23H27ClF3N5O5. The van der Waals surface area contributed by atoms with E-state index in [4.69, 9.17) is 21.1 Å². The number of amides is 1. The van der Waals surface area contributed by atoms with Crippen LogP contribution in [0.2, 0.25) is 5.02 Å². The van der Waals surface area contributed by atoms with E-state index in [1.807, 2.05) is 0 Å². The van der Waals surface area contributed by atoms with Gasteiger partial charge in [0.05, 0.1) is 12.8 Å². The van der Waals surface area contributed by atoms with E-state index in [0.717, 1.165) is 12.8 Å². The number of ether oxygens (including phenoxy) is 2. The zero-order valence-electron chi connectivity index (χ0n) is 20.5. The number of nitrogens with one attached hydrogen (secondary N) is 3. The number of methoxy groups -OCH3 is 1. The topological polar surface area (TPSA) is 135 Å². The van der Waals surface area contributed by atoms with Crippen molar-refractivity contribution >= 4 is 41.1 Å². The van der Waals surface area contributed by atoms with Crippen LogP contribution in [0, 0.1) is 0 Å². The number of rotatable bonds is 9. The molecule has 37 heavy (non-hydrogen) atoms. The summed E-state index contributed by atoms with van der Waals surface area (Å²) in [6, 6.07) is 1.41. The lowest BCUT2D eigenvalue weighted by Gasteiger charge is -2.22. The highest BCUT2D eigenvalue weighted by molar-refractivity contribution is 6.31. The molecule has 1 heterocycles. The number of halogens is 4. The fourth-order valence-corrected chi connectivity index (χ4v) is 3.43. The summed E-state index contributed by atoms with van der Waals surface area (Å²) in [5, 5.41) is 17.5. The van der Waals surface area contributed by atoms with Gasteiger partial charge < -0.3 is 30.5 Å². The van der Waals surface area contributed by atoms with Crippen molar-refractivity contribution in [3.63, 3.8) is 0 Å². The number of anilines is 3. The van der Waals surface area contributed by atoms with Crippen LogP contribution < -0.4 is 20.7 Å². The summed E-state index contributed by atoms with van der Waals surface area (Å²) in [5.74, 6) is -1.59. The van der Waals surface area contributed by atoms with Crippen molar-refractivity contribution in [2.24, 2.45) is 0 Å². The van der Waals surface area contributed by atoms with E-state index in [2.05, 4.69) is 25.9 Å². The molecule has 2 aromatic rings. The van der Waals surface area contributed by atoms with Crippen LogP contribution in [0.25, 0.3) is 0 Å². The molecule has 1 atom stereocenters. The number of alkyl halides is 3. The smallest absolute Gasteiger partial charge is 0.421 e. The van der Waals surface area contributed by atoms with Crippen molar-refractivity contribution < 1.29 is 37.3 Å². The van der Waals surface area contributed by atoms with Crippen LogP contribution in [-0.4, -0.2) is 51.9 Å². The second-order valence-corrected chi connectivity index (χ2v) is 9.79. The summed E-state index contributed by atoms with van der Waals surface area (Å²) >= 11 is 6.38. The number of carboxylic acid groups (broad SMARTS) is 1. The molecule has 4 N–H and O–H groups in total. The van der Waals surface area contributed by atoms with Crippen LogP contribution in [0.1, 0.15) is 44.7 Å². The quantitative estimate of drug-likeness (QED) is 0.343. The number of aromatic nitrogens is 2. The van der Waals surface area contributed by atoms with Crippen molar-refractivity contribution in [2.75, 3.05) is 17.7 Å². The molecule has 0 bridgehead atoms. The van der Waals surface area contributed by atoms with Gasteiger partial charge in [0, 0.05) is 23.7 Å². The molecule has 1 aliphatic carbocycles.